The lowest BCUT2D eigenvalue weighted by Gasteiger charge is -2.31. The lowest BCUT2D eigenvalue weighted by Crippen LogP contribution is -2.43. The van der Waals surface area contributed by atoms with Crippen LogP contribution in [0.1, 0.15) is 44.7 Å². The number of nitrogens with zero attached hydrogens (tertiary/aromatic N) is 1. The minimum absolute atomic E-state index is 0.0140. The number of benzene rings is 1. The van der Waals surface area contributed by atoms with Gasteiger partial charge in [0.05, 0.1) is 6.04 Å². The highest BCUT2D eigenvalue weighted by Gasteiger charge is 2.27. The van der Waals surface area contributed by atoms with Crippen LogP contribution in [-0.4, -0.2) is 29.8 Å². The second kappa shape index (κ2) is 7.77. The lowest BCUT2D eigenvalue weighted by molar-refractivity contribution is -0.134. The van der Waals surface area contributed by atoms with Gasteiger partial charge in [-0.1, -0.05) is 35.0 Å². The molecule has 22 heavy (non-hydrogen) atoms. The molecule has 1 aromatic carbocycles. The van der Waals surface area contributed by atoms with E-state index in [0.717, 1.165) is 29.3 Å². The fraction of sp³-hybridized carbons (Fsp3) is 0.529. The van der Waals surface area contributed by atoms with E-state index in [9.17, 15) is 9.59 Å². The summed E-state index contributed by atoms with van der Waals surface area (Å²) in [5, 5.41) is 3.16. The molecule has 1 aromatic rings. The van der Waals surface area contributed by atoms with Crippen molar-refractivity contribution in [2.45, 2.75) is 39.2 Å². The van der Waals surface area contributed by atoms with E-state index >= 15 is 0 Å². The van der Waals surface area contributed by atoms with Gasteiger partial charge in [-0.2, -0.15) is 0 Å². The molecule has 0 aromatic heterocycles. The maximum Gasteiger partial charge on any atom is 0.223 e. The van der Waals surface area contributed by atoms with Gasteiger partial charge in [-0.25, -0.2) is 0 Å². The van der Waals surface area contributed by atoms with Crippen molar-refractivity contribution in [3.8, 4) is 0 Å². The molecule has 0 spiro atoms. The van der Waals surface area contributed by atoms with Crippen LogP contribution in [0.5, 0.6) is 0 Å². The number of likely N-dealkylation sites (tertiary alicyclic amines) is 1. The standard InChI is InChI=1S/C17H23BrN2O2/c1-3-16(13-4-6-15(18)7-5-13)19-17(22)14-8-10-20(11-9-14)12(2)21/h4-7,14,16H,3,8-11H2,1-2H3,(H,19,22). The van der Waals surface area contributed by atoms with Gasteiger partial charge < -0.3 is 10.2 Å². The van der Waals surface area contributed by atoms with Gasteiger partial charge in [0.25, 0.3) is 0 Å². The molecular weight excluding hydrogens is 344 g/mol. The molecule has 5 heteroatoms. The molecule has 1 unspecified atom stereocenters. The van der Waals surface area contributed by atoms with E-state index < -0.39 is 0 Å². The zero-order chi connectivity index (χ0) is 16.1. The molecular formula is C17H23BrN2O2. The lowest BCUT2D eigenvalue weighted by atomic mass is 9.94. The Morgan fingerprint density at radius 1 is 1.27 bits per heavy atom. The van der Waals surface area contributed by atoms with Crippen molar-refractivity contribution in [1.29, 1.82) is 0 Å². The normalized spacial score (nSPS) is 17.1. The first-order valence-electron chi connectivity index (χ1n) is 7.82. The molecule has 0 radical (unpaired) electrons. The summed E-state index contributed by atoms with van der Waals surface area (Å²) in [7, 11) is 0. The summed E-state index contributed by atoms with van der Waals surface area (Å²) in [6.07, 6.45) is 2.37. The minimum atomic E-state index is 0.0140. The van der Waals surface area contributed by atoms with Gasteiger partial charge in [0.15, 0.2) is 0 Å². The maximum atomic E-state index is 12.5. The number of halogens is 1. The number of carbonyl (C=O) groups is 2. The topological polar surface area (TPSA) is 49.4 Å². The average Bonchev–Trinajstić information content (AvgIpc) is 2.53. The number of hydrogen-bond donors (Lipinski definition) is 1. The summed E-state index contributed by atoms with van der Waals surface area (Å²) in [6.45, 7) is 5.03. The molecule has 120 valence electrons. The number of rotatable bonds is 4. The van der Waals surface area contributed by atoms with E-state index in [0.29, 0.717) is 13.1 Å². The van der Waals surface area contributed by atoms with Gasteiger partial charge in [0.1, 0.15) is 0 Å². The van der Waals surface area contributed by atoms with Gasteiger partial charge in [0, 0.05) is 30.4 Å². The maximum absolute atomic E-state index is 12.5. The predicted octanol–water partition coefficient (Wildman–Crippen LogP) is 3.27. The van der Waals surface area contributed by atoms with Crippen LogP contribution in [0.3, 0.4) is 0 Å². The molecule has 1 saturated heterocycles. The van der Waals surface area contributed by atoms with Crippen LogP contribution in [0.15, 0.2) is 28.7 Å². The predicted molar refractivity (Wildman–Crippen MR) is 90.3 cm³/mol. The summed E-state index contributed by atoms with van der Waals surface area (Å²) in [4.78, 5) is 25.6. The van der Waals surface area contributed by atoms with Crippen molar-refractivity contribution in [1.82, 2.24) is 10.2 Å². The molecule has 2 rings (SSSR count). The summed E-state index contributed by atoms with van der Waals surface area (Å²) >= 11 is 3.43. The van der Waals surface area contributed by atoms with E-state index in [1.165, 1.54) is 0 Å². The zero-order valence-electron chi connectivity index (χ0n) is 13.1. The third-order valence-corrected chi connectivity index (χ3v) is 4.84. The van der Waals surface area contributed by atoms with Gasteiger partial charge in [-0.05, 0) is 37.0 Å². The average molecular weight is 367 g/mol. The third-order valence-electron chi connectivity index (χ3n) is 4.31. The van der Waals surface area contributed by atoms with Gasteiger partial charge in [-0.3, -0.25) is 9.59 Å². The van der Waals surface area contributed by atoms with Crippen LogP contribution in [0.25, 0.3) is 0 Å². The number of carbonyl (C=O) groups excluding carboxylic acids is 2. The van der Waals surface area contributed by atoms with Crippen molar-refractivity contribution < 1.29 is 9.59 Å². The van der Waals surface area contributed by atoms with Crippen LogP contribution in [-0.2, 0) is 9.59 Å². The molecule has 1 aliphatic rings. The summed E-state index contributed by atoms with van der Waals surface area (Å²) in [6, 6.07) is 8.12. The summed E-state index contributed by atoms with van der Waals surface area (Å²) in [5.74, 6) is 0.221. The number of nitrogens with one attached hydrogen (secondary N) is 1. The van der Waals surface area contributed by atoms with Gasteiger partial charge in [0.2, 0.25) is 11.8 Å². The molecule has 4 nitrogen and oxygen atoms in total. The van der Waals surface area contributed by atoms with Crippen LogP contribution >= 0.6 is 15.9 Å². The van der Waals surface area contributed by atoms with E-state index in [4.69, 9.17) is 0 Å². The van der Waals surface area contributed by atoms with Crippen molar-refractivity contribution in [3.05, 3.63) is 34.3 Å². The molecule has 1 heterocycles. The fourth-order valence-corrected chi connectivity index (χ4v) is 3.13. The number of hydrogen-bond acceptors (Lipinski definition) is 2. The molecule has 1 aliphatic heterocycles. The van der Waals surface area contributed by atoms with E-state index in [2.05, 4.69) is 28.2 Å². The fourth-order valence-electron chi connectivity index (χ4n) is 2.86. The molecule has 2 amide bonds. The Morgan fingerprint density at radius 3 is 2.36 bits per heavy atom. The Balaban J connectivity index is 1.93. The molecule has 1 fully saturated rings. The Hall–Kier alpha value is -1.36. The van der Waals surface area contributed by atoms with Crippen molar-refractivity contribution in [3.63, 3.8) is 0 Å². The van der Waals surface area contributed by atoms with Crippen LogP contribution in [0.2, 0.25) is 0 Å². The molecule has 0 aliphatic carbocycles. The first kappa shape index (κ1) is 17.0. The Morgan fingerprint density at radius 2 is 1.86 bits per heavy atom. The highest BCUT2D eigenvalue weighted by Crippen LogP contribution is 2.22. The van der Waals surface area contributed by atoms with Gasteiger partial charge in [-0.15, -0.1) is 0 Å². The van der Waals surface area contributed by atoms with Crippen LogP contribution in [0, 0.1) is 5.92 Å². The Labute approximate surface area is 140 Å². The van der Waals surface area contributed by atoms with E-state index in [-0.39, 0.29) is 23.8 Å². The van der Waals surface area contributed by atoms with Gasteiger partial charge >= 0.3 is 0 Å². The van der Waals surface area contributed by atoms with Crippen molar-refractivity contribution in [2.75, 3.05) is 13.1 Å². The van der Waals surface area contributed by atoms with Crippen LogP contribution in [0.4, 0.5) is 0 Å². The number of amides is 2. The first-order valence-corrected chi connectivity index (χ1v) is 8.62. The first-order chi connectivity index (χ1) is 10.5. The van der Waals surface area contributed by atoms with Crippen molar-refractivity contribution >= 4 is 27.7 Å². The molecule has 0 bridgehead atoms. The molecule has 0 saturated carbocycles. The Kier molecular flexibility index (Phi) is 6.00. The monoisotopic (exact) mass is 366 g/mol. The Bertz CT molecular complexity index is 522. The summed E-state index contributed by atoms with van der Waals surface area (Å²) < 4.78 is 1.04. The largest absolute Gasteiger partial charge is 0.349 e. The highest BCUT2D eigenvalue weighted by atomic mass is 79.9. The molecule has 1 N–H and O–H groups in total. The van der Waals surface area contributed by atoms with E-state index in [1.54, 1.807) is 6.92 Å². The number of piperidine rings is 1. The van der Waals surface area contributed by atoms with E-state index in [1.807, 2.05) is 29.2 Å². The second-order valence-corrected chi connectivity index (χ2v) is 6.72. The second-order valence-electron chi connectivity index (χ2n) is 5.80. The molecule has 1 atom stereocenters. The zero-order valence-corrected chi connectivity index (χ0v) is 14.7. The quantitative estimate of drug-likeness (QED) is 0.888. The SMILES string of the molecule is CCC(NC(=O)C1CCN(C(C)=O)CC1)c1ccc(Br)cc1. The smallest absolute Gasteiger partial charge is 0.223 e. The minimum Gasteiger partial charge on any atom is -0.349 e. The van der Waals surface area contributed by atoms with Crippen LogP contribution < -0.4 is 5.32 Å². The van der Waals surface area contributed by atoms with Crippen molar-refractivity contribution in [2.24, 2.45) is 5.92 Å². The summed E-state index contributed by atoms with van der Waals surface area (Å²) in [5.41, 5.74) is 1.13. The third kappa shape index (κ3) is 4.32. The highest BCUT2D eigenvalue weighted by molar-refractivity contribution is 9.10.